The van der Waals surface area contributed by atoms with Gasteiger partial charge in [-0.1, -0.05) is 0 Å². The summed E-state index contributed by atoms with van der Waals surface area (Å²) >= 11 is 1.30. The van der Waals surface area contributed by atoms with Crippen LogP contribution in [0, 0.1) is 12.3 Å². The molecule has 2 amide bonds. The van der Waals surface area contributed by atoms with Crippen molar-refractivity contribution < 1.29 is 14.3 Å². The third kappa shape index (κ3) is 5.47. The Kier molecular flexibility index (Phi) is 6.90. The van der Waals surface area contributed by atoms with Crippen LogP contribution in [0.25, 0.3) is 16.0 Å². The van der Waals surface area contributed by atoms with Crippen molar-refractivity contribution >= 4 is 40.1 Å². The molecule has 0 unspecified atom stereocenters. The fourth-order valence-electron chi connectivity index (χ4n) is 4.58. The van der Waals surface area contributed by atoms with Crippen LogP contribution in [0.2, 0.25) is 0 Å². The molecule has 4 heterocycles. The van der Waals surface area contributed by atoms with Gasteiger partial charge in [0, 0.05) is 25.1 Å². The van der Waals surface area contributed by atoms with Crippen LogP contribution >= 0.6 is 11.3 Å². The molecule has 5 rings (SSSR count). The number of nitrogens with zero attached hydrogens (tertiary/aromatic N) is 4. The standard InChI is InChI=1S/C26H29N7O3S/c1-16-20(10-17(12-29-16)31-22(34)14-33-9-7-26(15-33)5-6-26)32-23(35)19(11-27)25-30-13-21(37-25)18-4-3-8-28-24(18)36-2/h3-4,8,10-13H,5-7,9,14-15,27H2,1-2H3,(H,31,34)(H,32,35)/b19-11-. The molecule has 3 aromatic rings. The first-order chi connectivity index (χ1) is 17.9. The number of carbonyl (C=O) groups excluding carboxylic acids is 2. The summed E-state index contributed by atoms with van der Waals surface area (Å²) in [5.74, 6) is -0.0520. The Morgan fingerprint density at radius 1 is 1.22 bits per heavy atom. The van der Waals surface area contributed by atoms with Crippen LogP contribution in [0.15, 0.2) is 43.0 Å². The van der Waals surface area contributed by atoms with E-state index in [0.717, 1.165) is 23.5 Å². The number of pyridine rings is 2. The van der Waals surface area contributed by atoms with Gasteiger partial charge in [-0.15, -0.1) is 11.3 Å². The molecule has 1 aliphatic carbocycles. The molecule has 1 spiro atoms. The van der Waals surface area contributed by atoms with E-state index < -0.39 is 5.91 Å². The maximum atomic E-state index is 13.1. The smallest absolute Gasteiger partial charge is 0.260 e. The quantitative estimate of drug-likeness (QED) is 0.386. The van der Waals surface area contributed by atoms with Crippen LogP contribution in [0.5, 0.6) is 5.88 Å². The molecule has 1 saturated heterocycles. The van der Waals surface area contributed by atoms with Gasteiger partial charge < -0.3 is 21.1 Å². The van der Waals surface area contributed by atoms with Gasteiger partial charge in [-0.05, 0) is 56.3 Å². The lowest BCUT2D eigenvalue weighted by Gasteiger charge is -2.16. The van der Waals surface area contributed by atoms with Gasteiger partial charge in [0.25, 0.3) is 5.91 Å². The van der Waals surface area contributed by atoms with Crippen LogP contribution in [0.4, 0.5) is 11.4 Å². The molecule has 1 saturated carbocycles. The third-order valence-electron chi connectivity index (χ3n) is 6.84. The Morgan fingerprint density at radius 2 is 2.05 bits per heavy atom. The Hall–Kier alpha value is -3.83. The second kappa shape index (κ2) is 10.3. The Morgan fingerprint density at radius 3 is 2.78 bits per heavy atom. The van der Waals surface area contributed by atoms with E-state index in [1.165, 1.54) is 36.8 Å². The number of rotatable bonds is 8. The minimum Gasteiger partial charge on any atom is -0.481 e. The minimum atomic E-state index is -0.429. The van der Waals surface area contributed by atoms with Crippen molar-refractivity contribution in [3.8, 4) is 16.3 Å². The molecule has 0 atom stereocenters. The number of nitrogens with one attached hydrogen (secondary N) is 2. The first-order valence-electron chi connectivity index (χ1n) is 12.1. The Bertz CT molecular complexity index is 1370. The van der Waals surface area contributed by atoms with Crippen molar-refractivity contribution in [1.82, 2.24) is 19.9 Å². The number of methoxy groups -OCH3 is 1. The molecule has 3 aromatic heterocycles. The second-order valence-corrected chi connectivity index (χ2v) is 10.5. The lowest BCUT2D eigenvalue weighted by Crippen LogP contribution is -2.31. The molecule has 0 bridgehead atoms. The summed E-state index contributed by atoms with van der Waals surface area (Å²) in [5.41, 5.74) is 8.90. The Labute approximate surface area is 219 Å². The number of hydrogen-bond donors (Lipinski definition) is 3. The topological polar surface area (TPSA) is 135 Å². The van der Waals surface area contributed by atoms with Gasteiger partial charge in [0.05, 0.1) is 52.9 Å². The number of likely N-dealkylation sites (tertiary alicyclic amines) is 1. The molecule has 192 valence electrons. The minimum absolute atomic E-state index is 0.0932. The largest absolute Gasteiger partial charge is 0.481 e. The molecule has 2 fully saturated rings. The number of aromatic nitrogens is 3. The van der Waals surface area contributed by atoms with Gasteiger partial charge in [-0.2, -0.15) is 0 Å². The summed E-state index contributed by atoms with van der Waals surface area (Å²) in [6.07, 6.45) is 9.84. The van der Waals surface area contributed by atoms with Crippen molar-refractivity contribution in [1.29, 1.82) is 0 Å². The predicted molar refractivity (Wildman–Crippen MR) is 143 cm³/mol. The molecule has 4 N–H and O–H groups in total. The van der Waals surface area contributed by atoms with Crippen molar-refractivity contribution in [3.63, 3.8) is 0 Å². The lowest BCUT2D eigenvalue weighted by atomic mass is 10.1. The number of hydrogen-bond acceptors (Lipinski definition) is 9. The van der Waals surface area contributed by atoms with Crippen molar-refractivity contribution in [2.24, 2.45) is 11.1 Å². The molecule has 1 aliphatic heterocycles. The van der Waals surface area contributed by atoms with E-state index in [1.807, 2.05) is 6.07 Å². The molecule has 0 radical (unpaired) electrons. The summed E-state index contributed by atoms with van der Waals surface area (Å²) in [7, 11) is 1.55. The van der Waals surface area contributed by atoms with E-state index in [9.17, 15) is 9.59 Å². The van der Waals surface area contributed by atoms with Crippen LogP contribution in [-0.2, 0) is 9.59 Å². The van der Waals surface area contributed by atoms with Gasteiger partial charge in [0.15, 0.2) is 0 Å². The maximum absolute atomic E-state index is 13.1. The van der Waals surface area contributed by atoms with Crippen molar-refractivity contribution in [2.45, 2.75) is 26.2 Å². The fraction of sp³-hybridized carbons (Fsp3) is 0.346. The van der Waals surface area contributed by atoms with E-state index in [4.69, 9.17) is 10.5 Å². The lowest BCUT2D eigenvalue weighted by molar-refractivity contribution is -0.117. The van der Waals surface area contributed by atoms with E-state index in [0.29, 0.717) is 39.9 Å². The normalized spacial score (nSPS) is 16.5. The number of amides is 2. The van der Waals surface area contributed by atoms with Crippen molar-refractivity contribution in [3.05, 3.63) is 53.7 Å². The molecule has 37 heavy (non-hydrogen) atoms. The van der Waals surface area contributed by atoms with E-state index in [-0.39, 0.29) is 11.5 Å². The monoisotopic (exact) mass is 519 g/mol. The summed E-state index contributed by atoms with van der Waals surface area (Å²) < 4.78 is 5.33. The summed E-state index contributed by atoms with van der Waals surface area (Å²) in [4.78, 5) is 41.7. The van der Waals surface area contributed by atoms with Gasteiger partial charge in [-0.25, -0.2) is 9.97 Å². The zero-order chi connectivity index (χ0) is 26.0. The van der Waals surface area contributed by atoms with Gasteiger partial charge in [0.2, 0.25) is 11.8 Å². The first-order valence-corrected chi connectivity index (χ1v) is 12.9. The van der Waals surface area contributed by atoms with Crippen LogP contribution < -0.4 is 21.1 Å². The highest BCUT2D eigenvalue weighted by Gasteiger charge is 2.47. The maximum Gasteiger partial charge on any atom is 0.260 e. The summed E-state index contributed by atoms with van der Waals surface area (Å²) in [5, 5.41) is 6.21. The van der Waals surface area contributed by atoms with E-state index in [1.54, 1.807) is 44.8 Å². The first kappa shape index (κ1) is 24.8. The Balaban J connectivity index is 1.25. The number of thiazole rings is 1. The number of ether oxygens (including phenoxy) is 1. The third-order valence-corrected chi connectivity index (χ3v) is 7.90. The highest BCUT2D eigenvalue weighted by atomic mass is 32.1. The van der Waals surface area contributed by atoms with Crippen LogP contribution in [-0.4, -0.2) is 58.4 Å². The fourth-order valence-corrected chi connectivity index (χ4v) is 5.53. The van der Waals surface area contributed by atoms with Gasteiger partial charge >= 0.3 is 0 Å². The molecule has 10 nitrogen and oxygen atoms in total. The summed E-state index contributed by atoms with van der Waals surface area (Å²) in [6.45, 7) is 4.09. The average molecular weight is 520 g/mol. The summed E-state index contributed by atoms with van der Waals surface area (Å²) in [6, 6.07) is 5.38. The molecule has 2 aliphatic rings. The number of anilines is 2. The molecular weight excluding hydrogens is 490 g/mol. The molecular formula is C26H29N7O3S. The number of aryl methyl sites for hydroxylation is 1. The van der Waals surface area contributed by atoms with Crippen molar-refractivity contribution in [2.75, 3.05) is 37.4 Å². The zero-order valence-electron chi connectivity index (χ0n) is 20.8. The highest BCUT2D eigenvalue weighted by Crippen LogP contribution is 2.52. The molecule has 11 heteroatoms. The highest BCUT2D eigenvalue weighted by molar-refractivity contribution is 7.16. The SMILES string of the molecule is COc1ncccc1-c1cnc(/C(=C\N)C(=O)Nc2cc(NC(=O)CN3CCC4(CC4)C3)cnc2C)s1. The van der Waals surface area contributed by atoms with E-state index in [2.05, 4.69) is 30.5 Å². The number of carbonyl (C=O) groups is 2. The van der Waals surface area contributed by atoms with E-state index >= 15 is 0 Å². The van der Waals surface area contributed by atoms with Crippen LogP contribution in [0.3, 0.4) is 0 Å². The molecule has 0 aromatic carbocycles. The zero-order valence-corrected chi connectivity index (χ0v) is 21.6. The predicted octanol–water partition coefficient (Wildman–Crippen LogP) is 3.28. The van der Waals surface area contributed by atoms with Gasteiger partial charge in [-0.3, -0.25) is 19.5 Å². The second-order valence-electron chi connectivity index (χ2n) is 9.49. The average Bonchev–Trinajstić information content (AvgIpc) is 3.28. The van der Waals surface area contributed by atoms with Gasteiger partial charge in [0.1, 0.15) is 5.01 Å². The number of nitrogens with two attached hydrogens (primary N) is 1. The van der Waals surface area contributed by atoms with Crippen LogP contribution in [0.1, 0.15) is 30.0 Å².